The number of amides is 1. The van der Waals surface area contributed by atoms with Crippen molar-refractivity contribution < 1.29 is 19.8 Å². The quantitative estimate of drug-likeness (QED) is 0.382. The second-order valence-corrected chi connectivity index (χ2v) is 7.66. The van der Waals surface area contributed by atoms with Gasteiger partial charge in [-0.25, -0.2) is 0 Å². The predicted octanol–water partition coefficient (Wildman–Crippen LogP) is 4.03. The number of carbonyl (C=O) groups excluding carboxylic acids is 2. The van der Waals surface area contributed by atoms with E-state index in [9.17, 15) is 19.8 Å². The number of aryl methyl sites for hydroxylation is 2. The largest absolute Gasteiger partial charge is 0.508 e. The van der Waals surface area contributed by atoms with Gasteiger partial charge in [-0.3, -0.25) is 14.6 Å². The maximum Gasteiger partial charge on any atom is 0.296 e. The molecule has 6 nitrogen and oxygen atoms in total. The molecule has 1 unspecified atom stereocenters. The van der Waals surface area contributed by atoms with Crippen LogP contribution >= 0.6 is 0 Å². The zero-order valence-electron chi connectivity index (χ0n) is 17.2. The number of phenols is 1. The highest BCUT2D eigenvalue weighted by molar-refractivity contribution is 6.46. The predicted molar refractivity (Wildman–Crippen MR) is 116 cm³/mol. The van der Waals surface area contributed by atoms with Gasteiger partial charge in [0.25, 0.3) is 11.7 Å². The second kappa shape index (κ2) is 8.07. The summed E-state index contributed by atoms with van der Waals surface area (Å²) in [6.45, 7) is 3.85. The Morgan fingerprint density at radius 2 is 1.77 bits per heavy atom. The lowest BCUT2D eigenvalue weighted by atomic mass is 9.93. The summed E-state index contributed by atoms with van der Waals surface area (Å²) in [7, 11) is 0. The Bertz CT molecular complexity index is 1180. The van der Waals surface area contributed by atoms with E-state index in [0.717, 1.165) is 11.1 Å². The van der Waals surface area contributed by atoms with Gasteiger partial charge in [0.15, 0.2) is 0 Å². The van der Waals surface area contributed by atoms with Gasteiger partial charge in [-0.1, -0.05) is 35.9 Å². The summed E-state index contributed by atoms with van der Waals surface area (Å²) in [4.78, 5) is 31.8. The van der Waals surface area contributed by atoms with Crippen LogP contribution < -0.4 is 0 Å². The SMILES string of the molecule is Cc1ccc(C)c(/C(O)=C2\C(=O)C(=O)N(Cc3ccccn3)C2c2ccc(O)cc2)c1. The highest BCUT2D eigenvalue weighted by Gasteiger charge is 2.46. The monoisotopic (exact) mass is 414 g/mol. The van der Waals surface area contributed by atoms with E-state index >= 15 is 0 Å². The lowest BCUT2D eigenvalue weighted by Crippen LogP contribution is -2.29. The molecule has 1 atom stereocenters. The number of Topliss-reactive ketones (excluding diaryl/α,β-unsaturated/α-hetero) is 1. The number of phenolic OH excluding ortho intramolecular Hbond substituents is 1. The summed E-state index contributed by atoms with van der Waals surface area (Å²) >= 11 is 0. The van der Waals surface area contributed by atoms with Gasteiger partial charge >= 0.3 is 0 Å². The molecule has 2 heterocycles. The molecule has 1 fully saturated rings. The molecule has 4 rings (SSSR count). The van der Waals surface area contributed by atoms with Crippen molar-refractivity contribution in [3.63, 3.8) is 0 Å². The number of aromatic nitrogens is 1. The first kappa shape index (κ1) is 20.3. The Morgan fingerprint density at radius 3 is 2.45 bits per heavy atom. The number of aromatic hydroxyl groups is 1. The first-order valence-corrected chi connectivity index (χ1v) is 9.91. The van der Waals surface area contributed by atoms with Crippen molar-refractivity contribution in [2.45, 2.75) is 26.4 Å². The Balaban J connectivity index is 1.90. The maximum absolute atomic E-state index is 13.1. The van der Waals surface area contributed by atoms with E-state index < -0.39 is 17.7 Å². The molecule has 0 bridgehead atoms. The van der Waals surface area contributed by atoms with Gasteiger partial charge < -0.3 is 15.1 Å². The zero-order chi connectivity index (χ0) is 22.1. The zero-order valence-corrected chi connectivity index (χ0v) is 17.2. The fraction of sp³-hybridized carbons (Fsp3) is 0.160. The van der Waals surface area contributed by atoms with Crippen LogP contribution in [0.4, 0.5) is 0 Å². The molecular formula is C25H22N2O4. The van der Waals surface area contributed by atoms with Crippen LogP contribution in [0.25, 0.3) is 5.76 Å². The van der Waals surface area contributed by atoms with Crippen molar-refractivity contribution in [2.75, 3.05) is 0 Å². The number of pyridine rings is 1. The number of rotatable bonds is 4. The van der Waals surface area contributed by atoms with Crippen LogP contribution in [0.2, 0.25) is 0 Å². The molecule has 1 saturated heterocycles. The van der Waals surface area contributed by atoms with Gasteiger partial charge in [0.1, 0.15) is 11.5 Å². The van der Waals surface area contributed by atoms with Crippen molar-refractivity contribution in [2.24, 2.45) is 0 Å². The number of ketones is 1. The molecule has 156 valence electrons. The number of hydrogen-bond donors (Lipinski definition) is 2. The normalized spacial score (nSPS) is 17.9. The van der Waals surface area contributed by atoms with Crippen molar-refractivity contribution in [3.8, 4) is 5.75 Å². The molecule has 1 amide bonds. The van der Waals surface area contributed by atoms with Crippen LogP contribution in [-0.4, -0.2) is 31.8 Å². The molecule has 1 aromatic heterocycles. The van der Waals surface area contributed by atoms with Crippen LogP contribution in [0.15, 0.2) is 72.4 Å². The van der Waals surface area contributed by atoms with Gasteiger partial charge in [-0.15, -0.1) is 0 Å². The molecule has 6 heteroatoms. The molecule has 1 aliphatic rings. The van der Waals surface area contributed by atoms with Gasteiger partial charge in [-0.2, -0.15) is 0 Å². The second-order valence-electron chi connectivity index (χ2n) is 7.66. The molecule has 31 heavy (non-hydrogen) atoms. The van der Waals surface area contributed by atoms with Gasteiger partial charge in [0, 0.05) is 11.8 Å². The van der Waals surface area contributed by atoms with Crippen LogP contribution in [0.5, 0.6) is 5.75 Å². The lowest BCUT2D eigenvalue weighted by Gasteiger charge is -2.25. The summed E-state index contributed by atoms with van der Waals surface area (Å²) in [5.41, 5.74) is 3.50. The van der Waals surface area contributed by atoms with E-state index in [4.69, 9.17) is 0 Å². The number of nitrogens with zero attached hydrogens (tertiary/aromatic N) is 2. The van der Waals surface area contributed by atoms with Crippen molar-refractivity contribution in [3.05, 3.63) is 100 Å². The van der Waals surface area contributed by atoms with Gasteiger partial charge in [0.05, 0.1) is 23.9 Å². The average Bonchev–Trinajstić information content (AvgIpc) is 3.01. The number of likely N-dealkylation sites (tertiary alicyclic amines) is 1. The van der Waals surface area contributed by atoms with E-state index in [1.807, 2.05) is 32.0 Å². The van der Waals surface area contributed by atoms with Gasteiger partial charge in [0.2, 0.25) is 0 Å². The lowest BCUT2D eigenvalue weighted by molar-refractivity contribution is -0.140. The third-order valence-electron chi connectivity index (χ3n) is 5.46. The number of aliphatic hydroxyl groups excluding tert-OH is 1. The molecule has 0 saturated carbocycles. The van der Waals surface area contributed by atoms with Crippen molar-refractivity contribution >= 4 is 17.4 Å². The molecule has 2 N–H and O–H groups in total. The fourth-order valence-corrected chi connectivity index (χ4v) is 3.85. The summed E-state index contributed by atoms with van der Waals surface area (Å²) in [6.07, 6.45) is 1.62. The average molecular weight is 414 g/mol. The fourth-order valence-electron chi connectivity index (χ4n) is 3.85. The Kier molecular flexibility index (Phi) is 5.29. The number of aliphatic hydroxyl groups is 1. The maximum atomic E-state index is 13.1. The van der Waals surface area contributed by atoms with E-state index in [-0.39, 0.29) is 23.6 Å². The van der Waals surface area contributed by atoms with E-state index in [1.54, 1.807) is 36.5 Å². The summed E-state index contributed by atoms with van der Waals surface area (Å²) in [5, 5.41) is 20.9. The third-order valence-corrected chi connectivity index (χ3v) is 5.46. The number of hydrogen-bond acceptors (Lipinski definition) is 5. The topological polar surface area (TPSA) is 90.7 Å². The minimum atomic E-state index is -0.803. The van der Waals surface area contributed by atoms with Crippen LogP contribution in [0.3, 0.4) is 0 Å². The minimum Gasteiger partial charge on any atom is -0.508 e. The highest BCUT2D eigenvalue weighted by Crippen LogP contribution is 2.41. The molecule has 0 aliphatic carbocycles. The summed E-state index contributed by atoms with van der Waals surface area (Å²) in [6, 6.07) is 16.4. The van der Waals surface area contributed by atoms with Crippen molar-refractivity contribution in [1.82, 2.24) is 9.88 Å². The van der Waals surface area contributed by atoms with E-state index in [1.165, 1.54) is 17.0 Å². The standard InChI is InChI=1S/C25H22N2O4/c1-15-6-7-16(2)20(13-15)23(29)21-22(17-8-10-19(28)11-9-17)27(25(31)24(21)30)14-18-5-3-4-12-26-18/h3-13,22,28-29H,14H2,1-2H3/b23-21+. The first-order valence-electron chi connectivity index (χ1n) is 9.91. The molecule has 0 radical (unpaired) electrons. The summed E-state index contributed by atoms with van der Waals surface area (Å²) < 4.78 is 0. The highest BCUT2D eigenvalue weighted by atomic mass is 16.3. The molecular weight excluding hydrogens is 392 g/mol. The molecule has 3 aromatic rings. The molecule has 0 spiro atoms. The number of benzene rings is 2. The Labute approximate surface area is 180 Å². The molecule has 1 aliphatic heterocycles. The van der Waals surface area contributed by atoms with Crippen LogP contribution in [0, 0.1) is 13.8 Å². The van der Waals surface area contributed by atoms with Crippen molar-refractivity contribution in [1.29, 1.82) is 0 Å². The Hall–Kier alpha value is -3.93. The van der Waals surface area contributed by atoms with E-state index in [0.29, 0.717) is 16.8 Å². The van der Waals surface area contributed by atoms with Crippen LogP contribution in [-0.2, 0) is 16.1 Å². The molecule has 2 aromatic carbocycles. The minimum absolute atomic E-state index is 0.0281. The third kappa shape index (κ3) is 3.80. The summed E-state index contributed by atoms with van der Waals surface area (Å²) in [5.74, 6) is -1.58. The number of carbonyl (C=O) groups is 2. The smallest absolute Gasteiger partial charge is 0.296 e. The van der Waals surface area contributed by atoms with E-state index in [2.05, 4.69) is 4.98 Å². The van der Waals surface area contributed by atoms with Gasteiger partial charge in [-0.05, 0) is 55.3 Å². The Morgan fingerprint density at radius 1 is 1.03 bits per heavy atom. The first-order chi connectivity index (χ1) is 14.9. The van der Waals surface area contributed by atoms with Crippen LogP contribution in [0.1, 0.15) is 34.0 Å².